The number of hydrogen-bond acceptors (Lipinski definition) is 6. The van der Waals surface area contributed by atoms with Crippen molar-refractivity contribution in [1.82, 2.24) is 10.2 Å². The van der Waals surface area contributed by atoms with Crippen molar-refractivity contribution in [2.45, 2.75) is 44.2 Å². The average Bonchev–Trinajstić information content (AvgIpc) is 2.68. The highest BCUT2D eigenvalue weighted by Crippen LogP contribution is 2.20. The first kappa shape index (κ1) is 19.2. The number of rotatable bonds is 8. The average molecular weight is 362 g/mol. The lowest BCUT2D eigenvalue weighted by atomic mass is 10.1. The first-order valence-corrected chi connectivity index (χ1v) is 9.51. The molecule has 6 heteroatoms. The van der Waals surface area contributed by atoms with Gasteiger partial charge in [-0.3, -0.25) is 0 Å². The van der Waals surface area contributed by atoms with Crippen molar-refractivity contribution in [1.29, 1.82) is 0 Å². The maximum absolute atomic E-state index is 9.79. The molecule has 26 heavy (non-hydrogen) atoms. The predicted octanol–water partition coefficient (Wildman–Crippen LogP) is 1.02. The number of nitrogens with one attached hydrogen (secondary N) is 1. The number of hydrogen-bond donors (Lipinski definition) is 3. The third-order valence-electron chi connectivity index (χ3n) is 4.90. The van der Waals surface area contributed by atoms with Gasteiger partial charge in [-0.2, -0.15) is 0 Å². The third kappa shape index (κ3) is 5.99. The molecule has 0 aliphatic carbocycles. The van der Waals surface area contributed by atoms with Crippen molar-refractivity contribution < 1.29 is 19.7 Å². The largest absolute Gasteiger partial charge is 0.394 e. The van der Waals surface area contributed by atoms with E-state index in [0.29, 0.717) is 19.4 Å². The van der Waals surface area contributed by atoms with E-state index in [2.05, 4.69) is 40.7 Å². The topological polar surface area (TPSA) is 74.2 Å². The van der Waals surface area contributed by atoms with Gasteiger partial charge < -0.3 is 29.9 Å². The van der Waals surface area contributed by atoms with Crippen molar-refractivity contribution in [2.75, 3.05) is 32.8 Å². The van der Waals surface area contributed by atoms with E-state index >= 15 is 0 Å². The Labute approximate surface area is 155 Å². The summed E-state index contributed by atoms with van der Waals surface area (Å²) in [5.41, 5.74) is 2.57. The second-order valence-electron chi connectivity index (χ2n) is 6.99. The van der Waals surface area contributed by atoms with Gasteiger partial charge in [0.2, 0.25) is 0 Å². The molecule has 0 radical (unpaired) electrons. The molecule has 3 N–H and O–H groups in total. The Morgan fingerprint density at radius 3 is 2.62 bits per heavy atom. The van der Waals surface area contributed by atoms with E-state index in [1.165, 1.54) is 11.1 Å². The first-order valence-electron chi connectivity index (χ1n) is 9.51. The van der Waals surface area contributed by atoms with Gasteiger partial charge in [0.15, 0.2) is 6.29 Å². The molecular weight excluding hydrogens is 332 g/mol. The van der Waals surface area contributed by atoms with Crippen LogP contribution in [0.25, 0.3) is 0 Å². The Bertz CT molecular complexity index is 563. The minimum absolute atomic E-state index is 0.0812. The molecule has 0 amide bonds. The molecule has 2 aliphatic heterocycles. The van der Waals surface area contributed by atoms with Crippen LogP contribution in [0.3, 0.4) is 0 Å². The number of aliphatic hydroxyl groups is 2. The molecular formula is C20H30N2O4. The minimum atomic E-state index is -0.462. The first-order chi connectivity index (χ1) is 12.7. The number of nitrogens with zero attached hydrogens (tertiary/aromatic N) is 1. The third-order valence-corrected chi connectivity index (χ3v) is 4.90. The summed E-state index contributed by atoms with van der Waals surface area (Å²) in [6.45, 7) is 3.56. The van der Waals surface area contributed by atoms with Crippen LogP contribution in [0, 0.1) is 0 Å². The van der Waals surface area contributed by atoms with Crippen LogP contribution >= 0.6 is 0 Å². The van der Waals surface area contributed by atoms with Crippen molar-refractivity contribution >= 4 is 0 Å². The molecule has 3 rings (SSSR count). The van der Waals surface area contributed by atoms with Gasteiger partial charge >= 0.3 is 0 Å². The van der Waals surface area contributed by atoms with Gasteiger partial charge in [-0.05, 0) is 24.0 Å². The molecule has 0 spiro atoms. The number of aliphatic hydroxyl groups excluding tert-OH is 2. The van der Waals surface area contributed by atoms with E-state index in [1.807, 2.05) is 6.20 Å². The molecule has 1 aromatic carbocycles. The maximum atomic E-state index is 9.79. The highest BCUT2D eigenvalue weighted by atomic mass is 16.7. The van der Waals surface area contributed by atoms with Gasteiger partial charge in [0.25, 0.3) is 0 Å². The Kier molecular flexibility index (Phi) is 7.32. The van der Waals surface area contributed by atoms with Crippen LogP contribution in [-0.4, -0.2) is 66.5 Å². The van der Waals surface area contributed by atoms with Crippen LogP contribution in [0.5, 0.6) is 0 Å². The van der Waals surface area contributed by atoms with Crippen LogP contribution in [0.4, 0.5) is 0 Å². The summed E-state index contributed by atoms with van der Waals surface area (Å²) in [5.74, 6) is 0. The van der Waals surface area contributed by atoms with Crippen LogP contribution in [0.1, 0.15) is 24.0 Å². The normalized spacial score (nSPS) is 25.9. The highest BCUT2D eigenvalue weighted by molar-refractivity contribution is 5.23. The predicted molar refractivity (Wildman–Crippen MR) is 99.5 cm³/mol. The van der Waals surface area contributed by atoms with Crippen LogP contribution in [-0.2, 0) is 22.3 Å². The zero-order valence-corrected chi connectivity index (χ0v) is 15.2. The summed E-state index contributed by atoms with van der Waals surface area (Å²) >= 11 is 0. The quantitative estimate of drug-likeness (QED) is 0.641. The Morgan fingerprint density at radius 2 is 1.92 bits per heavy atom. The molecule has 6 nitrogen and oxygen atoms in total. The van der Waals surface area contributed by atoms with Gasteiger partial charge in [-0.15, -0.1) is 0 Å². The molecule has 1 saturated heterocycles. The van der Waals surface area contributed by atoms with E-state index in [9.17, 15) is 10.2 Å². The zero-order valence-electron chi connectivity index (χ0n) is 15.2. The lowest BCUT2D eigenvalue weighted by molar-refractivity contribution is -0.221. The van der Waals surface area contributed by atoms with Gasteiger partial charge in [-0.1, -0.05) is 24.3 Å². The zero-order chi connectivity index (χ0) is 18.2. The molecule has 0 aromatic heterocycles. The summed E-state index contributed by atoms with van der Waals surface area (Å²) in [7, 11) is 0. The molecule has 1 aromatic rings. The van der Waals surface area contributed by atoms with Crippen molar-refractivity contribution in [3.05, 3.63) is 47.8 Å². The molecule has 2 aliphatic rings. The van der Waals surface area contributed by atoms with E-state index in [0.717, 1.165) is 32.5 Å². The van der Waals surface area contributed by atoms with E-state index < -0.39 is 12.4 Å². The molecule has 3 atom stereocenters. The Balaban J connectivity index is 1.37. The Morgan fingerprint density at radius 1 is 1.15 bits per heavy atom. The second-order valence-corrected chi connectivity index (χ2v) is 6.99. The molecule has 144 valence electrons. The summed E-state index contributed by atoms with van der Waals surface area (Å²) in [6.07, 6.45) is 5.69. The number of benzene rings is 1. The van der Waals surface area contributed by atoms with Crippen molar-refractivity contribution in [3.8, 4) is 0 Å². The monoisotopic (exact) mass is 362 g/mol. The van der Waals surface area contributed by atoms with E-state index in [1.54, 1.807) is 0 Å². The fourth-order valence-electron chi connectivity index (χ4n) is 3.34. The summed E-state index contributed by atoms with van der Waals surface area (Å²) in [4.78, 5) is 2.33. The second kappa shape index (κ2) is 9.92. The summed E-state index contributed by atoms with van der Waals surface area (Å²) in [6, 6.07) is 8.67. The van der Waals surface area contributed by atoms with Gasteiger partial charge in [-0.25, -0.2) is 0 Å². The molecule has 2 heterocycles. The maximum Gasteiger partial charge on any atom is 0.160 e. The lowest BCUT2D eigenvalue weighted by Crippen LogP contribution is -2.39. The van der Waals surface area contributed by atoms with Gasteiger partial charge in [0.05, 0.1) is 25.4 Å². The fourth-order valence-corrected chi connectivity index (χ4v) is 3.34. The van der Waals surface area contributed by atoms with Crippen molar-refractivity contribution in [2.24, 2.45) is 0 Å². The van der Waals surface area contributed by atoms with Crippen LogP contribution < -0.4 is 5.32 Å². The van der Waals surface area contributed by atoms with Crippen LogP contribution in [0.2, 0.25) is 0 Å². The molecule has 0 saturated carbocycles. The lowest BCUT2D eigenvalue weighted by Gasteiger charge is -2.32. The summed E-state index contributed by atoms with van der Waals surface area (Å²) < 4.78 is 11.3. The van der Waals surface area contributed by atoms with Gasteiger partial charge in [0, 0.05) is 44.9 Å². The number of ether oxygens (including phenoxy) is 2. The molecule has 1 fully saturated rings. The smallest absolute Gasteiger partial charge is 0.160 e. The summed E-state index contributed by atoms with van der Waals surface area (Å²) in [5, 5.41) is 22.2. The minimum Gasteiger partial charge on any atom is -0.394 e. The highest BCUT2D eigenvalue weighted by Gasteiger charge is 2.28. The van der Waals surface area contributed by atoms with E-state index in [4.69, 9.17) is 9.47 Å². The van der Waals surface area contributed by atoms with Crippen molar-refractivity contribution in [3.63, 3.8) is 0 Å². The SMILES string of the molecule is OCC1CC(O)CC(OCCc2ccc(CCN3C=CNCC3)cc2)O1. The fraction of sp³-hybridized carbons (Fsp3) is 0.600. The molecule has 0 bridgehead atoms. The molecule has 3 unspecified atom stereocenters. The van der Waals surface area contributed by atoms with Crippen LogP contribution in [0.15, 0.2) is 36.7 Å². The standard InChI is InChI=1S/C20H30N2O4/c23-15-19-13-18(24)14-20(26-19)25-12-6-17-3-1-16(2-4-17)5-9-22-10-7-21-8-11-22/h1-4,7,10,18-21,23-24H,5-6,8-9,11-15H2. The van der Waals surface area contributed by atoms with E-state index in [-0.39, 0.29) is 12.7 Å². The van der Waals surface area contributed by atoms with Gasteiger partial charge in [0.1, 0.15) is 0 Å². The Hall–Kier alpha value is -1.60.